The molecule has 2 heterocycles. The molecule has 156 valence electrons. The molecule has 0 bridgehead atoms. The number of amides is 1. The molecule has 4 aromatic rings. The minimum Gasteiger partial charge on any atom is -0.494 e. The molecule has 0 aliphatic heterocycles. The van der Waals surface area contributed by atoms with Crippen LogP contribution in [0, 0.1) is 5.82 Å². The van der Waals surface area contributed by atoms with Crippen molar-refractivity contribution in [3.05, 3.63) is 89.5 Å². The molecule has 0 unspecified atom stereocenters. The van der Waals surface area contributed by atoms with E-state index in [4.69, 9.17) is 5.11 Å². The number of hydrogen-bond donors (Lipinski definition) is 3. The molecule has 0 atom stereocenters. The van der Waals surface area contributed by atoms with E-state index in [1.54, 1.807) is 28.8 Å². The summed E-state index contributed by atoms with van der Waals surface area (Å²) < 4.78 is 14.9. The summed E-state index contributed by atoms with van der Waals surface area (Å²) in [6.45, 7) is 0.259. The maximum atomic E-state index is 13.3. The fourth-order valence-corrected chi connectivity index (χ4v) is 3.42. The van der Waals surface area contributed by atoms with Crippen LogP contribution in [0.1, 0.15) is 21.6 Å². The molecule has 31 heavy (non-hydrogen) atoms. The maximum Gasteiger partial charge on any atom is 0.337 e. The molecule has 0 fully saturated rings. The highest BCUT2D eigenvalue weighted by atomic mass is 19.1. The number of halogens is 1. The number of hydrogen-bond acceptors (Lipinski definition) is 4. The zero-order valence-electron chi connectivity index (χ0n) is 16.2. The molecule has 3 N–H and O–H groups in total. The van der Waals surface area contributed by atoms with Gasteiger partial charge in [-0.15, -0.1) is 0 Å². The molecule has 0 radical (unpaired) electrons. The van der Waals surface area contributed by atoms with E-state index in [-0.39, 0.29) is 42.0 Å². The van der Waals surface area contributed by atoms with Crippen LogP contribution in [-0.4, -0.2) is 31.6 Å². The molecule has 2 aromatic carbocycles. The topological polar surface area (TPSA) is 104 Å². The van der Waals surface area contributed by atoms with Crippen molar-refractivity contribution in [3.8, 4) is 5.88 Å². The van der Waals surface area contributed by atoms with Crippen molar-refractivity contribution < 1.29 is 24.2 Å². The Hall–Kier alpha value is -4.20. The summed E-state index contributed by atoms with van der Waals surface area (Å²) in [5.74, 6) is -1.59. The van der Waals surface area contributed by atoms with Crippen molar-refractivity contribution in [2.45, 2.75) is 13.0 Å². The van der Waals surface area contributed by atoms with Gasteiger partial charge in [0.2, 0.25) is 5.91 Å². The zero-order chi connectivity index (χ0) is 22.0. The normalized spacial score (nSPS) is 10.9. The van der Waals surface area contributed by atoms with Crippen LogP contribution in [0.2, 0.25) is 0 Å². The molecule has 0 saturated carbocycles. The lowest BCUT2D eigenvalue weighted by Gasteiger charge is -2.11. The van der Waals surface area contributed by atoms with Gasteiger partial charge in [-0.25, -0.2) is 14.2 Å². The predicted molar refractivity (Wildman–Crippen MR) is 113 cm³/mol. The van der Waals surface area contributed by atoms with Crippen molar-refractivity contribution in [2.24, 2.45) is 0 Å². The number of anilines is 1. The van der Waals surface area contributed by atoms with Gasteiger partial charge in [-0.1, -0.05) is 30.3 Å². The molecular weight excluding hydrogens is 401 g/mol. The number of carbonyl (C=O) groups is 2. The van der Waals surface area contributed by atoms with Gasteiger partial charge in [0.1, 0.15) is 11.6 Å². The highest BCUT2D eigenvalue weighted by Crippen LogP contribution is 2.32. The van der Waals surface area contributed by atoms with Crippen LogP contribution in [0.5, 0.6) is 5.88 Å². The molecule has 2 aromatic heterocycles. The van der Waals surface area contributed by atoms with Crippen LogP contribution < -0.4 is 5.32 Å². The number of nitrogens with one attached hydrogen (secondary N) is 1. The summed E-state index contributed by atoms with van der Waals surface area (Å²) >= 11 is 0. The number of fused-ring (bicyclic) bond motifs is 1. The van der Waals surface area contributed by atoms with Gasteiger partial charge >= 0.3 is 5.97 Å². The Balaban J connectivity index is 1.63. The average Bonchev–Trinajstić information content (AvgIpc) is 3.01. The first kappa shape index (κ1) is 20.1. The number of pyridine rings is 1. The fourth-order valence-electron chi connectivity index (χ4n) is 3.42. The van der Waals surface area contributed by atoms with Crippen LogP contribution >= 0.6 is 0 Å². The minimum atomic E-state index is -1.11. The second-order valence-electron chi connectivity index (χ2n) is 6.99. The van der Waals surface area contributed by atoms with Gasteiger partial charge in [0.25, 0.3) is 0 Å². The first-order chi connectivity index (χ1) is 14.9. The molecule has 7 nitrogen and oxygen atoms in total. The number of rotatable bonds is 6. The van der Waals surface area contributed by atoms with E-state index in [1.807, 2.05) is 12.1 Å². The Labute approximate surface area is 176 Å². The lowest BCUT2D eigenvalue weighted by molar-refractivity contribution is -0.115. The predicted octanol–water partition coefficient (Wildman–Crippen LogP) is 3.81. The number of carbonyl (C=O) groups excluding carboxylic acids is 1. The van der Waals surface area contributed by atoms with Crippen LogP contribution in [-0.2, 0) is 17.8 Å². The third-order valence-electron chi connectivity index (χ3n) is 4.92. The van der Waals surface area contributed by atoms with E-state index in [9.17, 15) is 19.1 Å². The van der Waals surface area contributed by atoms with Gasteiger partial charge in [-0.3, -0.25) is 4.79 Å². The van der Waals surface area contributed by atoms with E-state index >= 15 is 0 Å². The number of benzene rings is 2. The van der Waals surface area contributed by atoms with E-state index in [1.165, 1.54) is 24.3 Å². The van der Waals surface area contributed by atoms with E-state index in [0.29, 0.717) is 11.1 Å². The van der Waals surface area contributed by atoms with Gasteiger partial charge in [0, 0.05) is 22.7 Å². The summed E-state index contributed by atoms with van der Waals surface area (Å²) in [4.78, 5) is 27.6. The van der Waals surface area contributed by atoms with Crippen molar-refractivity contribution in [1.29, 1.82) is 0 Å². The van der Waals surface area contributed by atoms with Crippen molar-refractivity contribution in [3.63, 3.8) is 0 Å². The van der Waals surface area contributed by atoms with Crippen molar-refractivity contribution in [2.75, 3.05) is 5.32 Å². The SMILES string of the molecule is O=C(Cc1c2ccccc2c(O)n1Cc1ccc(F)cc1)Nc1ccc(C(=O)O)cn1. The monoisotopic (exact) mass is 419 g/mol. The number of aromatic nitrogens is 2. The molecule has 4 rings (SSSR count). The van der Waals surface area contributed by atoms with Crippen LogP contribution in [0.15, 0.2) is 66.9 Å². The molecule has 0 aliphatic carbocycles. The number of aromatic carboxylic acids is 1. The number of carboxylic acid groups (broad SMARTS) is 1. The van der Waals surface area contributed by atoms with Gasteiger partial charge in [0.05, 0.1) is 18.5 Å². The third kappa shape index (κ3) is 4.23. The quantitative estimate of drug-likeness (QED) is 0.441. The maximum absolute atomic E-state index is 13.3. The molecule has 0 spiro atoms. The van der Waals surface area contributed by atoms with Crippen LogP contribution in [0.3, 0.4) is 0 Å². The highest BCUT2D eigenvalue weighted by molar-refractivity contribution is 5.97. The Bertz CT molecular complexity index is 1260. The Morgan fingerprint density at radius 1 is 1.00 bits per heavy atom. The zero-order valence-corrected chi connectivity index (χ0v) is 16.2. The van der Waals surface area contributed by atoms with Crippen molar-refractivity contribution in [1.82, 2.24) is 9.55 Å². The molecule has 1 amide bonds. The number of carboxylic acids is 1. The number of aromatic hydroxyl groups is 1. The Morgan fingerprint density at radius 2 is 1.71 bits per heavy atom. The first-order valence-electron chi connectivity index (χ1n) is 9.45. The summed E-state index contributed by atoms with van der Waals surface area (Å²) in [5.41, 5.74) is 1.38. The second-order valence-corrected chi connectivity index (χ2v) is 6.99. The van der Waals surface area contributed by atoms with Gasteiger partial charge in [-0.05, 0) is 35.9 Å². The average molecular weight is 419 g/mol. The lowest BCUT2D eigenvalue weighted by atomic mass is 10.1. The smallest absolute Gasteiger partial charge is 0.337 e. The highest BCUT2D eigenvalue weighted by Gasteiger charge is 2.19. The molecule has 0 aliphatic rings. The number of nitrogens with zero attached hydrogens (tertiary/aromatic N) is 2. The van der Waals surface area contributed by atoms with Gasteiger partial charge in [-0.2, -0.15) is 0 Å². The fraction of sp³-hybridized carbons (Fsp3) is 0.0870. The van der Waals surface area contributed by atoms with E-state index < -0.39 is 5.97 Å². The van der Waals surface area contributed by atoms with Crippen LogP contribution in [0.4, 0.5) is 10.2 Å². The summed E-state index contributed by atoms with van der Waals surface area (Å²) in [6, 6.07) is 15.9. The summed E-state index contributed by atoms with van der Waals surface area (Å²) in [7, 11) is 0. The summed E-state index contributed by atoms with van der Waals surface area (Å²) in [6.07, 6.45) is 1.11. The van der Waals surface area contributed by atoms with E-state index in [2.05, 4.69) is 10.3 Å². The molecule has 8 heteroatoms. The van der Waals surface area contributed by atoms with Crippen LogP contribution in [0.25, 0.3) is 10.8 Å². The van der Waals surface area contributed by atoms with Gasteiger partial charge in [0.15, 0.2) is 5.88 Å². The lowest BCUT2D eigenvalue weighted by Crippen LogP contribution is -2.18. The molecule has 0 saturated heterocycles. The van der Waals surface area contributed by atoms with Gasteiger partial charge < -0.3 is 20.1 Å². The summed E-state index contributed by atoms with van der Waals surface area (Å²) in [5, 5.41) is 23.7. The van der Waals surface area contributed by atoms with E-state index in [0.717, 1.165) is 17.1 Å². The largest absolute Gasteiger partial charge is 0.494 e. The Kier molecular flexibility index (Phi) is 5.36. The second kappa shape index (κ2) is 8.27. The minimum absolute atomic E-state index is 0.0158. The standard InChI is InChI=1S/C23H18FN3O4/c24-16-8-5-14(6-9-16)13-27-19(17-3-1-2-4-18(17)22(27)29)11-21(28)26-20-10-7-15(12-25-20)23(30)31/h1-10,12,29H,11,13H2,(H,30,31)(H,25,26,28). The first-order valence-corrected chi connectivity index (χ1v) is 9.45. The third-order valence-corrected chi connectivity index (χ3v) is 4.92. The van der Waals surface area contributed by atoms with Crippen molar-refractivity contribution >= 4 is 28.5 Å². The molecular formula is C23H18FN3O4. The Morgan fingerprint density at radius 3 is 2.35 bits per heavy atom.